The number of aryl methyl sites for hydroxylation is 1. The Balaban J connectivity index is 1.41. The zero-order valence-corrected chi connectivity index (χ0v) is 18.6. The second-order valence-electron chi connectivity index (χ2n) is 7.78. The molecule has 0 saturated carbocycles. The molecule has 1 amide bonds. The Morgan fingerprint density at radius 3 is 3.00 bits per heavy atom. The average molecular weight is 432 g/mol. The molecule has 2 atom stereocenters. The third kappa shape index (κ3) is 4.40. The van der Waals surface area contributed by atoms with E-state index < -0.39 is 0 Å². The molecule has 0 spiro atoms. The topological polar surface area (TPSA) is 85.8 Å². The third-order valence-electron chi connectivity index (χ3n) is 5.00. The van der Waals surface area contributed by atoms with Crippen LogP contribution in [0.15, 0.2) is 28.0 Å². The second-order valence-corrected chi connectivity index (χ2v) is 10.2. The van der Waals surface area contributed by atoms with E-state index in [1.807, 2.05) is 20.8 Å². The minimum absolute atomic E-state index is 0.127. The molecule has 3 aromatic rings. The molecule has 29 heavy (non-hydrogen) atoms. The van der Waals surface area contributed by atoms with Gasteiger partial charge < -0.3 is 9.73 Å². The van der Waals surface area contributed by atoms with Gasteiger partial charge in [-0.15, -0.1) is 21.5 Å². The lowest BCUT2D eigenvalue weighted by Gasteiger charge is -2.16. The summed E-state index contributed by atoms with van der Waals surface area (Å²) < 4.78 is 7.62. The monoisotopic (exact) mass is 431 g/mol. The molecular formula is C20H25N5O2S2. The molecule has 0 saturated heterocycles. The van der Waals surface area contributed by atoms with Crippen LogP contribution in [0.25, 0.3) is 10.8 Å². The van der Waals surface area contributed by atoms with Gasteiger partial charge in [-0.05, 0) is 57.6 Å². The number of carbonyl (C=O) groups is 1. The van der Waals surface area contributed by atoms with E-state index in [9.17, 15) is 4.79 Å². The Labute approximate surface area is 178 Å². The normalized spacial score (nSPS) is 17.3. The first-order chi connectivity index (χ1) is 13.9. The van der Waals surface area contributed by atoms with Crippen molar-refractivity contribution in [3.05, 3.63) is 28.8 Å². The highest BCUT2D eigenvalue weighted by molar-refractivity contribution is 8.00. The molecule has 9 heteroatoms. The van der Waals surface area contributed by atoms with Crippen LogP contribution in [-0.4, -0.2) is 31.1 Å². The number of nitrogens with zero attached hydrogens (tertiary/aromatic N) is 4. The van der Waals surface area contributed by atoms with Crippen molar-refractivity contribution in [1.29, 1.82) is 0 Å². The first-order valence-electron chi connectivity index (χ1n) is 9.87. The lowest BCUT2D eigenvalue weighted by atomic mass is 9.90. The van der Waals surface area contributed by atoms with Gasteiger partial charge in [0, 0.05) is 17.0 Å². The smallest absolute Gasteiger partial charge is 0.277 e. The number of amides is 1. The van der Waals surface area contributed by atoms with E-state index in [4.69, 9.17) is 4.42 Å². The Hall–Kier alpha value is -2.13. The van der Waals surface area contributed by atoms with E-state index in [-0.39, 0.29) is 17.2 Å². The Morgan fingerprint density at radius 2 is 2.21 bits per heavy atom. The number of nitrogens with one attached hydrogen (secondary N) is 1. The molecule has 1 aliphatic carbocycles. The minimum atomic E-state index is -0.379. The van der Waals surface area contributed by atoms with Gasteiger partial charge in [0.15, 0.2) is 0 Å². The first kappa shape index (κ1) is 20.2. The summed E-state index contributed by atoms with van der Waals surface area (Å²) in [6.45, 7) is 8.15. The maximum atomic E-state index is 12.6. The maximum Gasteiger partial charge on any atom is 0.277 e. The summed E-state index contributed by atoms with van der Waals surface area (Å²) in [4.78, 5) is 15.0. The van der Waals surface area contributed by atoms with Crippen molar-refractivity contribution in [2.24, 2.45) is 5.92 Å². The van der Waals surface area contributed by atoms with Gasteiger partial charge in [0.05, 0.1) is 16.3 Å². The molecule has 0 fully saturated rings. The molecule has 1 aliphatic rings. The Bertz CT molecular complexity index is 1010. The van der Waals surface area contributed by atoms with Crippen molar-refractivity contribution < 1.29 is 9.21 Å². The summed E-state index contributed by atoms with van der Waals surface area (Å²) in [5.74, 6) is 1.81. The van der Waals surface area contributed by atoms with Crippen LogP contribution < -0.4 is 5.32 Å². The molecule has 0 unspecified atom stereocenters. The number of aromatic nitrogens is 4. The molecule has 3 aromatic heterocycles. The lowest BCUT2D eigenvalue weighted by Crippen LogP contribution is -2.24. The predicted octanol–water partition coefficient (Wildman–Crippen LogP) is 4.82. The molecule has 154 valence electrons. The van der Waals surface area contributed by atoms with E-state index in [2.05, 4.69) is 33.6 Å². The van der Waals surface area contributed by atoms with Gasteiger partial charge in [-0.2, -0.15) is 5.10 Å². The van der Waals surface area contributed by atoms with Crippen molar-refractivity contribution in [2.45, 2.75) is 63.5 Å². The molecule has 0 bridgehead atoms. The van der Waals surface area contributed by atoms with E-state index >= 15 is 0 Å². The van der Waals surface area contributed by atoms with Crippen molar-refractivity contribution in [1.82, 2.24) is 20.0 Å². The number of anilines is 1. The van der Waals surface area contributed by atoms with Crippen molar-refractivity contribution >= 4 is 34.8 Å². The first-order valence-corrected chi connectivity index (χ1v) is 11.6. The summed E-state index contributed by atoms with van der Waals surface area (Å²) in [6, 6.07) is 4.14. The predicted molar refractivity (Wildman–Crippen MR) is 115 cm³/mol. The van der Waals surface area contributed by atoms with Gasteiger partial charge in [0.1, 0.15) is 5.82 Å². The number of hydrogen-bond donors (Lipinski definition) is 1. The van der Waals surface area contributed by atoms with Gasteiger partial charge in [0.25, 0.3) is 11.1 Å². The zero-order chi connectivity index (χ0) is 20.5. The van der Waals surface area contributed by atoms with E-state index in [0.29, 0.717) is 16.9 Å². The fourth-order valence-electron chi connectivity index (χ4n) is 3.43. The minimum Gasteiger partial charge on any atom is -0.410 e. The van der Waals surface area contributed by atoms with Crippen LogP contribution >= 0.6 is 23.1 Å². The van der Waals surface area contributed by atoms with Crippen LogP contribution in [-0.2, 0) is 17.6 Å². The van der Waals surface area contributed by atoms with Gasteiger partial charge in [-0.3, -0.25) is 4.79 Å². The Kier molecular flexibility index (Phi) is 5.78. The van der Waals surface area contributed by atoms with Crippen molar-refractivity contribution in [2.75, 3.05) is 5.32 Å². The molecular weight excluding hydrogens is 406 g/mol. The number of thiophene rings is 1. The van der Waals surface area contributed by atoms with Crippen molar-refractivity contribution in [3.63, 3.8) is 0 Å². The van der Waals surface area contributed by atoms with Crippen LogP contribution in [0, 0.1) is 5.92 Å². The quantitative estimate of drug-likeness (QED) is 0.563. The standard InChI is InChI=1S/C20H25N5O2S2/c1-11(2)25-17(7-8-21-25)22-18(26)13(4)28-20-24-23-19(27-20)16-10-14-9-12(3)5-6-15(14)29-16/h7-8,10-13H,5-6,9H2,1-4H3,(H,22,26)/t12-,13-/m1/s1. The van der Waals surface area contributed by atoms with E-state index in [1.165, 1.54) is 28.6 Å². The summed E-state index contributed by atoms with van der Waals surface area (Å²) in [6.07, 6.45) is 5.16. The maximum absolute atomic E-state index is 12.6. The summed E-state index contributed by atoms with van der Waals surface area (Å²) >= 11 is 3.00. The summed E-state index contributed by atoms with van der Waals surface area (Å²) in [5, 5.41) is 15.5. The van der Waals surface area contributed by atoms with Gasteiger partial charge in [-0.25, -0.2) is 4.68 Å². The van der Waals surface area contributed by atoms with Gasteiger partial charge in [0.2, 0.25) is 5.91 Å². The molecule has 7 nitrogen and oxygen atoms in total. The molecule has 0 aliphatic heterocycles. The van der Waals surface area contributed by atoms with Gasteiger partial charge >= 0.3 is 0 Å². The average Bonchev–Trinajstić information content (AvgIpc) is 3.39. The summed E-state index contributed by atoms with van der Waals surface area (Å²) in [5.41, 5.74) is 1.41. The number of thioether (sulfide) groups is 1. The summed E-state index contributed by atoms with van der Waals surface area (Å²) in [7, 11) is 0. The SMILES string of the molecule is CC(C)n1nccc1NC(=O)[C@@H](C)Sc1nnc(-c2cc3c(s2)CC[C@@H](C)C3)o1. The van der Waals surface area contributed by atoms with Crippen LogP contribution in [0.3, 0.4) is 0 Å². The molecule has 3 heterocycles. The molecule has 0 aromatic carbocycles. The molecule has 4 rings (SSSR count). The number of fused-ring (bicyclic) bond motifs is 1. The van der Waals surface area contributed by atoms with Crippen LogP contribution in [0.2, 0.25) is 0 Å². The highest BCUT2D eigenvalue weighted by Crippen LogP contribution is 2.37. The lowest BCUT2D eigenvalue weighted by molar-refractivity contribution is -0.115. The number of hydrogen-bond acceptors (Lipinski definition) is 7. The van der Waals surface area contributed by atoms with Gasteiger partial charge in [-0.1, -0.05) is 18.7 Å². The van der Waals surface area contributed by atoms with Crippen molar-refractivity contribution in [3.8, 4) is 10.8 Å². The molecule has 1 N–H and O–H groups in total. The highest BCUT2D eigenvalue weighted by Gasteiger charge is 2.23. The van der Waals surface area contributed by atoms with Crippen LogP contribution in [0.1, 0.15) is 50.6 Å². The van der Waals surface area contributed by atoms with E-state index in [0.717, 1.165) is 23.6 Å². The fraction of sp³-hybridized carbons (Fsp3) is 0.500. The number of rotatable bonds is 6. The van der Waals surface area contributed by atoms with Crippen LogP contribution in [0.4, 0.5) is 5.82 Å². The fourth-order valence-corrected chi connectivity index (χ4v) is 5.24. The van der Waals surface area contributed by atoms with E-state index in [1.54, 1.807) is 28.3 Å². The largest absolute Gasteiger partial charge is 0.410 e. The molecule has 0 radical (unpaired) electrons. The van der Waals surface area contributed by atoms with Crippen LogP contribution in [0.5, 0.6) is 0 Å². The third-order valence-corrected chi connectivity index (χ3v) is 7.16. The highest BCUT2D eigenvalue weighted by atomic mass is 32.2. The Morgan fingerprint density at radius 1 is 1.38 bits per heavy atom. The second kappa shape index (κ2) is 8.31. The zero-order valence-electron chi connectivity index (χ0n) is 17.0. The number of carbonyl (C=O) groups excluding carboxylic acids is 1.